The third-order valence-corrected chi connectivity index (χ3v) is 4.89. The highest BCUT2D eigenvalue weighted by molar-refractivity contribution is 5.51. The molecule has 9 nitrogen and oxygen atoms in total. The molecule has 2 aromatic rings. The molecule has 1 aliphatic rings. The standard InChI is InChI=1S/C18H29N7O2/c1-12(18-15(27-5)10-24(4)22-18)19-8-13-6-14(26)9-25(13)17-7-16(23(2)3)20-11-21-17/h7,10-14,19,26H,6,8-9H2,1-5H3/t12?,13-,14-/m1/s1. The van der Waals surface area contributed by atoms with Crippen LogP contribution in [0.25, 0.3) is 0 Å². The highest BCUT2D eigenvalue weighted by Crippen LogP contribution is 2.27. The molecule has 0 aliphatic carbocycles. The predicted molar refractivity (Wildman–Crippen MR) is 104 cm³/mol. The van der Waals surface area contributed by atoms with Crippen molar-refractivity contribution in [3.63, 3.8) is 0 Å². The molecular formula is C18H29N7O2. The number of aliphatic hydroxyl groups is 1. The Morgan fingerprint density at radius 1 is 1.41 bits per heavy atom. The van der Waals surface area contributed by atoms with E-state index in [1.165, 1.54) is 0 Å². The van der Waals surface area contributed by atoms with Crippen molar-refractivity contribution in [1.29, 1.82) is 0 Å². The molecule has 3 heterocycles. The number of nitrogens with zero attached hydrogens (tertiary/aromatic N) is 6. The van der Waals surface area contributed by atoms with Crippen molar-refractivity contribution in [3.8, 4) is 5.75 Å². The van der Waals surface area contributed by atoms with Crippen LogP contribution in [-0.2, 0) is 7.05 Å². The summed E-state index contributed by atoms with van der Waals surface area (Å²) in [7, 11) is 7.43. The molecule has 3 rings (SSSR count). The quantitative estimate of drug-likeness (QED) is 0.726. The number of methoxy groups -OCH3 is 1. The Labute approximate surface area is 160 Å². The monoisotopic (exact) mass is 375 g/mol. The Kier molecular flexibility index (Phi) is 5.81. The molecule has 0 spiro atoms. The highest BCUT2D eigenvalue weighted by Gasteiger charge is 2.32. The molecule has 0 radical (unpaired) electrons. The van der Waals surface area contributed by atoms with Gasteiger partial charge in [0.25, 0.3) is 0 Å². The summed E-state index contributed by atoms with van der Waals surface area (Å²) in [6.45, 7) is 3.34. The van der Waals surface area contributed by atoms with E-state index in [2.05, 4.69) is 32.2 Å². The van der Waals surface area contributed by atoms with Crippen LogP contribution in [0.2, 0.25) is 0 Å². The molecular weight excluding hydrogens is 346 g/mol. The zero-order valence-corrected chi connectivity index (χ0v) is 16.6. The summed E-state index contributed by atoms with van der Waals surface area (Å²) in [5, 5.41) is 18.2. The Balaban J connectivity index is 1.70. The van der Waals surface area contributed by atoms with E-state index >= 15 is 0 Å². The number of aromatic nitrogens is 4. The molecule has 0 aromatic carbocycles. The first-order valence-corrected chi connectivity index (χ1v) is 9.14. The lowest BCUT2D eigenvalue weighted by Crippen LogP contribution is -2.39. The van der Waals surface area contributed by atoms with Crippen molar-refractivity contribution in [2.45, 2.75) is 31.5 Å². The van der Waals surface area contributed by atoms with E-state index in [1.807, 2.05) is 38.3 Å². The molecule has 1 aliphatic heterocycles. The maximum absolute atomic E-state index is 10.2. The van der Waals surface area contributed by atoms with Gasteiger partial charge in [-0.3, -0.25) is 4.68 Å². The molecule has 1 fully saturated rings. The Bertz CT molecular complexity index is 764. The zero-order chi connectivity index (χ0) is 19.6. The Morgan fingerprint density at radius 2 is 2.19 bits per heavy atom. The van der Waals surface area contributed by atoms with E-state index < -0.39 is 0 Å². The van der Waals surface area contributed by atoms with Crippen molar-refractivity contribution in [3.05, 3.63) is 24.3 Å². The molecule has 0 saturated carbocycles. The first kappa shape index (κ1) is 19.4. The molecule has 148 valence electrons. The maximum Gasteiger partial charge on any atom is 0.161 e. The van der Waals surface area contributed by atoms with Gasteiger partial charge in [0.1, 0.15) is 23.7 Å². The Hall–Kier alpha value is -2.39. The van der Waals surface area contributed by atoms with E-state index in [0.29, 0.717) is 19.5 Å². The van der Waals surface area contributed by atoms with Crippen LogP contribution in [0.5, 0.6) is 5.75 Å². The lowest BCUT2D eigenvalue weighted by molar-refractivity contribution is 0.193. The first-order chi connectivity index (χ1) is 12.9. The minimum absolute atomic E-state index is 0.0310. The van der Waals surface area contributed by atoms with Crippen LogP contribution in [0.4, 0.5) is 11.6 Å². The normalized spacial score (nSPS) is 20.7. The second-order valence-electron chi connectivity index (χ2n) is 7.21. The van der Waals surface area contributed by atoms with Crippen molar-refractivity contribution in [2.75, 3.05) is 44.1 Å². The number of nitrogens with one attached hydrogen (secondary N) is 1. The fraction of sp³-hybridized carbons (Fsp3) is 0.611. The molecule has 1 saturated heterocycles. The average molecular weight is 375 g/mol. The summed E-state index contributed by atoms with van der Waals surface area (Å²) in [5.41, 5.74) is 0.877. The second-order valence-corrected chi connectivity index (χ2v) is 7.21. The van der Waals surface area contributed by atoms with Crippen LogP contribution in [-0.4, -0.2) is 71.3 Å². The predicted octanol–water partition coefficient (Wildman–Crippen LogP) is 0.575. The van der Waals surface area contributed by atoms with Gasteiger partial charge in [-0.15, -0.1) is 0 Å². The van der Waals surface area contributed by atoms with Gasteiger partial charge in [0.2, 0.25) is 0 Å². The van der Waals surface area contributed by atoms with Gasteiger partial charge in [-0.25, -0.2) is 9.97 Å². The van der Waals surface area contributed by atoms with Crippen LogP contribution in [0.3, 0.4) is 0 Å². The molecule has 0 amide bonds. The highest BCUT2D eigenvalue weighted by atomic mass is 16.5. The van der Waals surface area contributed by atoms with Crippen LogP contribution in [0, 0.1) is 0 Å². The topological polar surface area (TPSA) is 91.6 Å². The van der Waals surface area contributed by atoms with Crippen molar-refractivity contribution < 1.29 is 9.84 Å². The van der Waals surface area contributed by atoms with Crippen LogP contribution in [0.15, 0.2) is 18.6 Å². The number of ether oxygens (including phenoxy) is 1. The van der Waals surface area contributed by atoms with Gasteiger partial charge in [-0.1, -0.05) is 0 Å². The molecule has 1 unspecified atom stereocenters. The zero-order valence-electron chi connectivity index (χ0n) is 16.6. The van der Waals surface area contributed by atoms with Gasteiger partial charge in [0.05, 0.1) is 25.5 Å². The van der Waals surface area contributed by atoms with E-state index in [-0.39, 0.29) is 18.2 Å². The van der Waals surface area contributed by atoms with E-state index in [4.69, 9.17) is 4.74 Å². The van der Waals surface area contributed by atoms with E-state index in [0.717, 1.165) is 23.1 Å². The average Bonchev–Trinajstić information content (AvgIpc) is 3.22. The number of hydrogen-bond acceptors (Lipinski definition) is 8. The first-order valence-electron chi connectivity index (χ1n) is 9.14. The SMILES string of the molecule is COc1cn(C)nc1C(C)NC[C@H]1C[C@@H](O)CN1c1cc(N(C)C)ncn1. The third kappa shape index (κ3) is 4.30. The van der Waals surface area contributed by atoms with Crippen molar-refractivity contribution in [2.24, 2.45) is 7.05 Å². The molecule has 27 heavy (non-hydrogen) atoms. The summed E-state index contributed by atoms with van der Waals surface area (Å²) >= 11 is 0. The number of aryl methyl sites for hydroxylation is 1. The minimum atomic E-state index is -0.366. The van der Waals surface area contributed by atoms with Gasteiger partial charge < -0.3 is 25.0 Å². The second kappa shape index (κ2) is 8.10. The lowest BCUT2D eigenvalue weighted by atomic mass is 10.1. The molecule has 2 aromatic heterocycles. The molecule has 9 heteroatoms. The van der Waals surface area contributed by atoms with Crippen LogP contribution in [0.1, 0.15) is 25.1 Å². The third-order valence-electron chi connectivity index (χ3n) is 4.89. The summed E-state index contributed by atoms with van der Waals surface area (Å²) in [6, 6.07) is 2.13. The lowest BCUT2D eigenvalue weighted by Gasteiger charge is -2.27. The van der Waals surface area contributed by atoms with Gasteiger partial charge >= 0.3 is 0 Å². The van der Waals surface area contributed by atoms with Crippen LogP contribution >= 0.6 is 0 Å². The summed E-state index contributed by atoms with van der Waals surface area (Å²) in [4.78, 5) is 12.8. The summed E-state index contributed by atoms with van der Waals surface area (Å²) < 4.78 is 7.16. The molecule has 0 bridgehead atoms. The summed E-state index contributed by atoms with van der Waals surface area (Å²) in [5.74, 6) is 2.45. The number of aliphatic hydroxyl groups excluding tert-OH is 1. The van der Waals surface area contributed by atoms with E-state index in [9.17, 15) is 5.11 Å². The van der Waals surface area contributed by atoms with Gasteiger partial charge in [0, 0.05) is 46.3 Å². The minimum Gasteiger partial charge on any atom is -0.493 e. The van der Waals surface area contributed by atoms with Gasteiger partial charge in [0.15, 0.2) is 5.75 Å². The largest absolute Gasteiger partial charge is 0.493 e. The maximum atomic E-state index is 10.2. The fourth-order valence-corrected chi connectivity index (χ4v) is 3.46. The number of β-amino-alcohol motifs (C(OH)–C–C–N with tert-alkyl or cyclic N) is 1. The van der Waals surface area contributed by atoms with Crippen molar-refractivity contribution >= 4 is 11.6 Å². The van der Waals surface area contributed by atoms with Gasteiger partial charge in [-0.2, -0.15) is 5.10 Å². The molecule has 3 atom stereocenters. The van der Waals surface area contributed by atoms with Crippen molar-refractivity contribution in [1.82, 2.24) is 25.1 Å². The number of rotatable bonds is 7. The Morgan fingerprint density at radius 3 is 2.89 bits per heavy atom. The fourth-order valence-electron chi connectivity index (χ4n) is 3.46. The molecule has 2 N–H and O–H groups in total. The van der Waals surface area contributed by atoms with Gasteiger partial charge in [-0.05, 0) is 13.3 Å². The summed E-state index contributed by atoms with van der Waals surface area (Å²) in [6.07, 6.45) is 3.76. The van der Waals surface area contributed by atoms with E-state index in [1.54, 1.807) is 18.1 Å². The number of hydrogen-bond donors (Lipinski definition) is 2. The smallest absolute Gasteiger partial charge is 0.161 e. The van der Waals surface area contributed by atoms with Crippen LogP contribution < -0.4 is 19.9 Å². The number of anilines is 2.